The van der Waals surface area contributed by atoms with Gasteiger partial charge in [-0.3, -0.25) is 0 Å². The highest BCUT2D eigenvalue weighted by molar-refractivity contribution is 5.76. The molecule has 23 heavy (non-hydrogen) atoms. The summed E-state index contributed by atoms with van der Waals surface area (Å²) < 4.78 is 0. The largest absolute Gasteiger partial charge is 0.311 e. The van der Waals surface area contributed by atoms with E-state index in [9.17, 15) is 0 Å². The fourth-order valence-electron chi connectivity index (χ4n) is 4.90. The first-order chi connectivity index (χ1) is 11.3. The van der Waals surface area contributed by atoms with Gasteiger partial charge in [-0.05, 0) is 59.0 Å². The summed E-state index contributed by atoms with van der Waals surface area (Å²) in [6.45, 7) is 2.42. The van der Waals surface area contributed by atoms with Crippen LogP contribution in [0.5, 0.6) is 0 Å². The average Bonchev–Trinajstić information content (AvgIpc) is 3.25. The number of hydrogen-bond donors (Lipinski definition) is 0. The Morgan fingerprint density at radius 3 is 2.26 bits per heavy atom. The van der Waals surface area contributed by atoms with Crippen LogP contribution in [0, 0.1) is 0 Å². The maximum atomic E-state index is 2.42. The first-order valence-electron chi connectivity index (χ1n) is 8.39. The maximum Gasteiger partial charge on any atom is 0.0461 e. The molecule has 12 heterocycles. The first-order valence-corrected chi connectivity index (χ1v) is 8.39. The summed E-state index contributed by atoms with van der Waals surface area (Å²) in [5, 5.41) is 0. The lowest BCUT2D eigenvalue weighted by molar-refractivity contribution is 0.763. The minimum absolute atomic E-state index is 0.143. The minimum atomic E-state index is 0.143. The molecule has 2 aliphatic carbocycles. The molecule has 2 atom stereocenters. The summed E-state index contributed by atoms with van der Waals surface area (Å²) in [6, 6.07) is 18.4. The van der Waals surface area contributed by atoms with Gasteiger partial charge in [-0.15, -0.1) is 0 Å². The van der Waals surface area contributed by atoms with Crippen molar-refractivity contribution in [2.24, 2.45) is 0 Å². The Balaban J connectivity index is 1.84. The third-order valence-electron chi connectivity index (χ3n) is 6.14. The van der Waals surface area contributed by atoms with E-state index in [2.05, 4.69) is 78.6 Å². The molecule has 1 heteroatoms. The summed E-state index contributed by atoms with van der Waals surface area (Å²) >= 11 is 0. The third kappa shape index (κ3) is 1.30. The molecule has 2 unspecified atom stereocenters. The number of allylic oxidation sites excluding steroid dienone is 5. The maximum absolute atomic E-state index is 2.42. The lowest BCUT2D eigenvalue weighted by Gasteiger charge is -2.27. The van der Waals surface area contributed by atoms with Gasteiger partial charge in [0.05, 0.1) is 0 Å². The number of nitrogens with zero attached hydrogens (tertiary/aromatic N) is 1. The highest BCUT2D eigenvalue weighted by Crippen LogP contribution is 2.67. The lowest BCUT2D eigenvalue weighted by atomic mass is 9.92. The van der Waals surface area contributed by atoms with Crippen LogP contribution in [-0.2, 0) is 5.41 Å². The summed E-state index contributed by atoms with van der Waals surface area (Å²) in [6.07, 6.45) is 8.07. The van der Waals surface area contributed by atoms with Crippen molar-refractivity contribution in [2.45, 2.75) is 24.7 Å². The number of rotatable bonds is 0. The van der Waals surface area contributed by atoms with E-state index in [1.165, 1.54) is 33.8 Å². The van der Waals surface area contributed by atoms with Crippen molar-refractivity contribution in [3.8, 4) is 0 Å². The number of hydrogen-bond acceptors (Lipinski definition) is 1. The number of anilines is 2. The molecule has 0 aromatic heterocycles. The topological polar surface area (TPSA) is 3.24 Å². The minimum Gasteiger partial charge on any atom is -0.311 e. The lowest BCUT2D eigenvalue weighted by Crippen LogP contribution is -2.16. The Kier molecular flexibility index (Phi) is 1.91. The van der Waals surface area contributed by atoms with E-state index in [1.807, 2.05) is 0 Å². The van der Waals surface area contributed by atoms with E-state index in [0.29, 0.717) is 5.92 Å². The summed E-state index contributed by atoms with van der Waals surface area (Å²) in [5.74, 6) is 0.515. The zero-order chi connectivity index (χ0) is 15.2. The molecule has 14 aliphatic rings. The van der Waals surface area contributed by atoms with E-state index in [1.54, 1.807) is 5.57 Å². The van der Waals surface area contributed by atoms with E-state index < -0.39 is 0 Å². The fraction of sp³-hybridized carbons (Fsp3) is 0.182. The van der Waals surface area contributed by atoms with Gasteiger partial charge in [-0.25, -0.2) is 0 Å². The van der Waals surface area contributed by atoms with Crippen molar-refractivity contribution in [1.82, 2.24) is 0 Å². The van der Waals surface area contributed by atoms with Crippen molar-refractivity contribution in [3.63, 3.8) is 0 Å². The van der Waals surface area contributed by atoms with Crippen LogP contribution in [0.3, 0.4) is 0 Å². The summed E-state index contributed by atoms with van der Waals surface area (Å²) in [5.41, 5.74) is 9.92. The van der Waals surface area contributed by atoms with E-state index in [0.717, 1.165) is 6.42 Å². The van der Waals surface area contributed by atoms with Crippen LogP contribution < -0.4 is 4.90 Å². The Bertz CT molecular complexity index is 940. The molecule has 12 aliphatic heterocycles. The molecule has 1 fully saturated rings. The zero-order valence-corrected chi connectivity index (χ0v) is 13.1. The second-order valence-corrected chi connectivity index (χ2v) is 7.21. The first kappa shape index (κ1) is 12.0. The van der Waals surface area contributed by atoms with Crippen LogP contribution in [0.1, 0.15) is 30.4 Å². The van der Waals surface area contributed by atoms with Crippen LogP contribution in [0.4, 0.5) is 11.4 Å². The number of benzene rings is 2. The van der Waals surface area contributed by atoms with Crippen molar-refractivity contribution in [3.05, 3.63) is 94.7 Å². The molecule has 2 aromatic carbocycles. The highest BCUT2D eigenvalue weighted by Gasteiger charge is 2.59. The molecule has 1 saturated carbocycles. The third-order valence-corrected chi connectivity index (χ3v) is 6.14. The molecule has 2 aromatic rings. The molecule has 10 bridgehead atoms. The zero-order valence-electron chi connectivity index (χ0n) is 13.1. The van der Waals surface area contributed by atoms with Crippen molar-refractivity contribution < 1.29 is 0 Å². The Labute approximate surface area is 136 Å². The fourth-order valence-corrected chi connectivity index (χ4v) is 4.90. The molecule has 0 N–H and O–H groups in total. The van der Waals surface area contributed by atoms with Gasteiger partial charge in [-0.2, -0.15) is 0 Å². The molecule has 0 saturated heterocycles. The molecule has 0 spiro atoms. The monoisotopic (exact) mass is 295 g/mol. The molecule has 1 nitrogen and oxygen atoms in total. The molecular formula is C22H17N. The predicted molar refractivity (Wildman–Crippen MR) is 94.0 cm³/mol. The van der Waals surface area contributed by atoms with Crippen LogP contribution in [0.2, 0.25) is 0 Å². The van der Waals surface area contributed by atoms with Gasteiger partial charge in [-0.1, -0.05) is 43.3 Å². The van der Waals surface area contributed by atoms with Gasteiger partial charge in [0.2, 0.25) is 0 Å². The second kappa shape index (κ2) is 3.68. The molecular weight excluding hydrogens is 278 g/mol. The standard InChI is InChI=1S/C22H17N/c1-22-16-6-12-19(13-7-16)23-17-8-2-14(3-9-17)20(22)21(22)15-4-10-18(23)11-5-15/h2-4,6-13,20H,5H2,1H3. The van der Waals surface area contributed by atoms with Crippen molar-refractivity contribution in [2.75, 3.05) is 4.90 Å². The van der Waals surface area contributed by atoms with Crippen LogP contribution in [0.25, 0.3) is 0 Å². The summed E-state index contributed by atoms with van der Waals surface area (Å²) in [4.78, 5) is 2.37. The van der Waals surface area contributed by atoms with Gasteiger partial charge < -0.3 is 4.90 Å². The average molecular weight is 295 g/mol. The van der Waals surface area contributed by atoms with Crippen LogP contribution in [-0.4, -0.2) is 0 Å². The predicted octanol–water partition coefficient (Wildman–Crippen LogP) is 5.35. The van der Waals surface area contributed by atoms with E-state index in [4.69, 9.17) is 0 Å². The molecule has 110 valence electrons. The quantitative estimate of drug-likeness (QED) is 0.633. The van der Waals surface area contributed by atoms with Gasteiger partial charge in [0.1, 0.15) is 0 Å². The van der Waals surface area contributed by atoms with Crippen LogP contribution in [0.15, 0.2) is 83.6 Å². The Morgan fingerprint density at radius 2 is 1.61 bits per heavy atom. The Morgan fingerprint density at radius 1 is 0.913 bits per heavy atom. The molecule has 0 amide bonds. The van der Waals surface area contributed by atoms with E-state index >= 15 is 0 Å². The second-order valence-electron chi connectivity index (χ2n) is 7.21. The smallest absolute Gasteiger partial charge is 0.0461 e. The van der Waals surface area contributed by atoms with Gasteiger partial charge in [0.25, 0.3) is 0 Å². The summed E-state index contributed by atoms with van der Waals surface area (Å²) in [7, 11) is 0. The van der Waals surface area contributed by atoms with E-state index in [-0.39, 0.29) is 5.41 Å². The van der Waals surface area contributed by atoms with Crippen molar-refractivity contribution >= 4 is 11.4 Å². The molecule has 16 rings (SSSR count). The van der Waals surface area contributed by atoms with Gasteiger partial charge >= 0.3 is 0 Å². The van der Waals surface area contributed by atoms with Gasteiger partial charge in [0, 0.05) is 28.4 Å². The van der Waals surface area contributed by atoms with Gasteiger partial charge in [0.15, 0.2) is 0 Å². The SMILES string of the molecule is CC12C3=C4C=CC(=CC4)N(c4ccc(cc4)C31)c1ccc2cc1. The molecule has 0 radical (unpaired) electrons. The highest BCUT2D eigenvalue weighted by atomic mass is 15.1. The normalized spacial score (nSPS) is 28.5. The van der Waals surface area contributed by atoms with Crippen molar-refractivity contribution in [1.29, 1.82) is 0 Å². The van der Waals surface area contributed by atoms with Crippen LogP contribution >= 0.6 is 0 Å². The Hall–Kier alpha value is -2.54.